The van der Waals surface area contributed by atoms with Crippen molar-refractivity contribution in [2.24, 2.45) is 5.92 Å². The van der Waals surface area contributed by atoms with Crippen LogP contribution in [-0.2, 0) is 25.5 Å². The molecule has 0 bridgehead atoms. The Kier molecular flexibility index (Phi) is 7.31. The predicted molar refractivity (Wildman–Crippen MR) is 105 cm³/mol. The van der Waals surface area contributed by atoms with Gasteiger partial charge in [0.15, 0.2) is 0 Å². The minimum absolute atomic E-state index is 0.0523. The summed E-state index contributed by atoms with van der Waals surface area (Å²) >= 11 is 0. The van der Waals surface area contributed by atoms with Crippen LogP contribution in [0.3, 0.4) is 0 Å². The van der Waals surface area contributed by atoms with Crippen molar-refractivity contribution in [3.63, 3.8) is 0 Å². The fourth-order valence-electron chi connectivity index (χ4n) is 3.93. The first-order valence-electron chi connectivity index (χ1n) is 10.3. The fourth-order valence-corrected chi connectivity index (χ4v) is 3.93. The third-order valence-corrected chi connectivity index (χ3v) is 5.65. The van der Waals surface area contributed by atoms with Gasteiger partial charge in [0.05, 0.1) is 5.92 Å². The maximum atomic E-state index is 12.5. The molecule has 7 nitrogen and oxygen atoms in total. The second-order valence-corrected chi connectivity index (χ2v) is 7.71. The first-order valence-corrected chi connectivity index (χ1v) is 10.3. The molecule has 29 heavy (non-hydrogen) atoms. The van der Waals surface area contributed by atoms with Crippen LogP contribution >= 0.6 is 0 Å². The minimum atomic E-state index is -1.17. The number of benzene rings is 1. The predicted octanol–water partition coefficient (Wildman–Crippen LogP) is 3.08. The summed E-state index contributed by atoms with van der Waals surface area (Å²) in [5.74, 6) is -1.18. The molecule has 1 heterocycles. The Hall–Kier alpha value is -2.35. The summed E-state index contributed by atoms with van der Waals surface area (Å²) in [5.41, 5.74) is 0.897. The number of para-hydroxylation sites is 1. The third-order valence-electron chi connectivity index (χ3n) is 5.65. The number of fused-ring (bicyclic) bond motifs is 1. The minimum Gasteiger partial charge on any atom is -0.535 e. The van der Waals surface area contributed by atoms with Crippen LogP contribution in [0, 0.1) is 5.92 Å². The molecule has 0 spiro atoms. The molecule has 156 valence electrons. The van der Waals surface area contributed by atoms with Crippen molar-refractivity contribution in [1.29, 1.82) is 0 Å². The second kappa shape index (κ2) is 9.92. The maximum absolute atomic E-state index is 12.5. The molecule has 0 amide bonds. The zero-order chi connectivity index (χ0) is 20.8. The molecule has 0 unspecified atom stereocenters. The Labute approximate surface area is 170 Å². The number of ketones is 1. The third kappa shape index (κ3) is 5.38. The van der Waals surface area contributed by atoms with E-state index in [1.165, 1.54) is 6.07 Å². The molecule has 0 aromatic heterocycles. The summed E-state index contributed by atoms with van der Waals surface area (Å²) in [5, 5.41) is 10.3. The van der Waals surface area contributed by atoms with Crippen LogP contribution < -0.4 is 4.65 Å². The van der Waals surface area contributed by atoms with Gasteiger partial charge in [-0.05, 0) is 30.9 Å². The van der Waals surface area contributed by atoms with Crippen molar-refractivity contribution in [2.75, 3.05) is 6.79 Å². The molecule has 1 N–H and O–H groups in total. The first kappa shape index (κ1) is 21.4. The van der Waals surface area contributed by atoms with E-state index in [-0.39, 0.29) is 41.2 Å². The van der Waals surface area contributed by atoms with Gasteiger partial charge in [-0.25, -0.2) is 4.79 Å². The highest BCUT2D eigenvalue weighted by Crippen LogP contribution is 2.36. The van der Waals surface area contributed by atoms with Crippen molar-refractivity contribution in [3.05, 3.63) is 29.3 Å². The number of carbonyl (C=O) groups excluding carboxylic acids is 3. The van der Waals surface area contributed by atoms with E-state index in [1.54, 1.807) is 19.1 Å². The van der Waals surface area contributed by atoms with E-state index in [1.807, 2.05) is 0 Å². The van der Waals surface area contributed by atoms with Gasteiger partial charge in [0.1, 0.15) is 17.1 Å². The number of hydrogen-bond donors (Lipinski definition) is 1. The molecule has 1 aromatic rings. The fraction of sp³-hybridized carbons (Fsp3) is 0.571. The largest absolute Gasteiger partial charge is 0.535 e. The van der Waals surface area contributed by atoms with Crippen molar-refractivity contribution < 1.29 is 33.5 Å². The highest BCUT2D eigenvalue weighted by molar-refractivity contribution is 6.47. The number of Topliss-reactive ketones (excluding diaryl/α,β-unsaturated/α-hetero) is 1. The monoisotopic (exact) mass is 402 g/mol. The van der Waals surface area contributed by atoms with E-state index < -0.39 is 19.9 Å². The van der Waals surface area contributed by atoms with Crippen LogP contribution in [0.5, 0.6) is 5.75 Å². The smallest absolute Gasteiger partial charge is 0.526 e. The molecule has 1 saturated carbocycles. The molecule has 1 aliphatic heterocycles. The summed E-state index contributed by atoms with van der Waals surface area (Å²) in [6.07, 6.45) is 5.85. The van der Waals surface area contributed by atoms with E-state index in [0.717, 1.165) is 37.7 Å². The molecule has 2 aliphatic rings. The van der Waals surface area contributed by atoms with Gasteiger partial charge < -0.3 is 19.2 Å². The van der Waals surface area contributed by atoms with Gasteiger partial charge >= 0.3 is 19.1 Å². The van der Waals surface area contributed by atoms with Crippen LogP contribution in [0.1, 0.15) is 67.8 Å². The molecule has 1 atom stereocenters. The van der Waals surface area contributed by atoms with Crippen LogP contribution in [0.2, 0.25) is 5.82 Å². The number of rotatable bonds is 7. The first-order chi connectivity index (χ1) is 14.0. The van der Waals surface area contributed by atoms with Crippen LogP contribution in [0.15, 0.2) is 18.2 Å². The molecule has 0 saturated heterocycles. The topological polar surface area (TPSA) is 99.1 Å². The molecule has 1 aliphatic carbocycles. The Morgan fingerprint density at radius 1 is 1.17 bits per heavy atom. The maximum Gasteiger partial charge on any atom is 0.526 e. The molecule has 1 aromatic carbocycles. The molecule has 0 radical (unpaired) electrons. The van der Waals surface area contributed by atoms with Crippen molar-refractivity contribution >= 4 is 24.8 Å². The average Bonchev–Trinajstić information content (AvgIpc) is 2.74. The normalized spacial score (nSPS) is 19.1. The zero-order valence-electron chi connectivity index (χ0n) is 16.7. The van der Waals surface area contributed by atoms with Gasteiger partial charge in [-0.2, -0.15) is 0 Å². The van der Waals surface area contributed by atoms with E-state index >= 15 is 0 Å². The van der Waals surface area contributed by atoms with Crippen molar-refractivity contribution in [2.45, 2.75) is 64.1 Å². The van der Waals surface area contributed by atoms with Crippen molar-refractivity contribution in [1.82, 2.24) is 0 Å². The lowest BCUT2D eigenvalue weighted by Gasteiger charge is -2.28. The second-order valence-electron chi connectivity index (χ2n) is 7.71. The lowest BCUT2D eigenvalue weighted by atomic mass is 9.64. The summed E-state index contributed by atoms with van der Waals surface area (Å²) < 4.78 is 15.8. The Morgan fingerprint density at radius 3 is 2.66 bits per heavy atom. The number of ether oxygens (including phenoxy) is 2. The zero-order valence-corrected chi connectivity index (χ0v) is 16.7. The SMILES string of the molecule is CCC(=O)C[C@H]1Cc2cccc(C(=O)OCOC(=O)C3CCCCC3)c2OB1O. The van der Waals surface area contributed by atoms with Gasteiger partial charge in [0, 0.05) is 18.7 Å². The average molecular weight is 402 g/mol. The number of hydrogen-bond acceptors (Lipinski definition) is 7. The highest BCUT2D eigenvalue weighted by Gasteiger charge is 2.37. The summed E-state index contributed by atoms with van der Waals surface area (Å²) in [6.45, 7) is 1.33. The lowest BCUT2D eigenvalue weighted by molar-refractivity contribution is -0.158. The van der Waals surface area contributed by atoms with Crippen LogP contribution in [-0.4, -0.2) is 36.7 Å². The van der Waals surface area contributed by atoms with Gasteiger partial charge in [-0.3, -0.25) is 9.59 Å². The van der Waals surface area contributed by atoms with Gasteiger partial charge in [0.2, 0.25) is 6.79 Å². The summed E-state index contributed by atoms with van der Waals surface area (Å²) in [7, 11) is -1.17. The van der Waals surface area contributed by atoms with E-state index in [9.17, 15) is 19.4 Å². The lowest BCUT2D eigenvalue weighted by Crippen LogP contribution is -2.35. The number of esters is 2. The van der Waals surface area contributed by atoms with Gasteiger partial charge in [0.25, 0.3) is 0 Å². The Bertz CT molecular complexity index is 757. The Morgan fingerprint density at radius 2 is 1.93 bits per heavy atom. The molecule has 1 fully saturated rings. The summed E-state index contributed by atoms with van der Waals surface area (Å²) in [6, 6.07) is 5.03. The quantitative estimate of drug-likeness (QED) is 0.425. The standard InChI is InChI=1S/C21H27BO7/c1-2-17(23)12-16-11-15-9-6-10-18(19(15)29-22(16)26)21(25)28-13-27-20(24)14-7-4-3-5-8-14/h6,9-10,14,16,26H,2-5,7-8,11-13H2,1H3/t16-/m1/s1. The Balaban J connectivity index is 1.58. The van der Waals surface area contributed by atoms with E-state index in [4.69, 9.17) is 14.1 Å². The molecule has 3 rings (SSSR count). The molecular formula is C21H27BO7. The highest BCUT2D eigenvalue weighted by atomic mass is 16.7. The summed E-state index contributed by atoms with van der Waals surface area (Å²) in [4.78, 5) is 36.2. The van der Waals surface area contributed by atoms with Crippen LogP contribution in [0.25, 0.3) is 0 Å². The molecular weight excluding hydrogens is 375 g/mol. The van der Waals surface area contributed by atoms with Crippen LogP contribution in [0.4, 0.5) is 0 Å². The van der Waals surface area contributed by atoms with Gasteiger partial charge in [-0.15, -0.1) is 0 Å². The van der Waals surface area contributed by atoms with Gasteiger partial charge in [-0.1, -0.05) is 38.3 Å². The van der Waals surface area contributed by atoms with E-state index in [2.05, 4.69) is 0 Å². The number of carbonyl (C=O) groups is 3. The van der Waals surface area contributed by atoms with E-state index in [0.29, 0.717) is 12.8 Å². The van der Waals surface area contributed by atoms with Crippen molar-refractivity contribution in [3.8, 4) is 5.75 Å². The molecule has 8 heteroatoms.